The van der Waals surface area contributed by atoms with E-state index in [4.69, 9.17) is 4.74 Å². The molecule has 3 heteroatoms. The summed E-state index contributed by atoms with van der Waals surface area (Å²) < 4.78 is 5.02. The number of methoxy groups -OCH3 is 1. The summed E-state index contributed by atoms with van der Waals surface area (Å²) in [4.78, 5) is 0. The van der Waals surface area contributed by atoms with Crippen LogP contribution in [0.2, 0.25) is 0 Å². The first kappa shape index (κ1) is 14.9. The van der Waals surface area contributed by atoms with Gasteiger partial charge in [-0.1, -0.05) is 20.8 Å². The molecule has 0 aromatic carbocycles. The molecular weight excluding hydrogens is 190 g/mol. The summed E-state index contributed by atoms with van der Waals surface area (Å²) >= 11 is 0. The van der Waals surface area contributed by atoms with E-state index < -0.39 is 5.60 Å². The van der Waals surface area contributed by atoms with Crippen molar-refractivity contribution < 1.29 is 9.84 Å². The topological polar surface area (TPSA) is 41.5 Å². The van der Waals surface area contributed by atoms with Crippen molar-refractivity contribution in [2.75, 3.05) is 26.8 Å². The molecule has 0 aliphatic carbocycles. The van der Waals surface area contributed by atoms with Crippen LogP contribution >= 0.6 is 0 Å². The Morgan fingerprint density at radius 1 is 1.33 bits per heavy atom. The monoisotopic (exact) mass is 217 g/mol. The second-order valence-corrected chi connectivity index (χ2v) is 5.06. The van der Waals surface area contributed by atoms with Crippen LogP contribution in [0.5, 0.6) is 0 Å². The van der Waals surface area contributed by atoms with Crippen molar-refractivity contribution in [2.45, 2.75) is 39.7 Å². The molecule has 2 atom stereocenters. The molecule has 0 rings (SSSR count). The van der Waals surface area contributed by atoms with Gasteiger partial charge in [-0.15, -0.1) is 0 Å². The standard InChI is InChI=1S/C12H27NO2/c1-10(2)8-13-9-12(4,14)11(3)6-7-15-5/h10-11,13-14H,6-9H2,1-5H3. The van der Waals surface area contributed by atoms with E-state index in [9.17, 15) is 5.11 Å². The molecule has 15 heavy (non-hydrogen) atoms. The van der Waals surface area contributed by atoms with Crippen LogP contribution < -0.4 is 5.32 Å². The second kappa shape index (κ2) is 7.20. The van der Waals surface area contributed by atoms with Crippen LogP contribution in [-0.2, 0) is 4.74 Å². The fourth-order valence-electron chi connectivity index (χ4n) is 1.39. The Morgan fingerprint density at radius 2 is 1.93 bits per heavy atom. The Balaban J connectivity index is 3.82. The van der Waals surface area contributed by atoms with Crippen molar-refractivity contribution in [1.29, 1.82) is 0 Å². The molecule has 0 aromatic heterocycles. The van der Waals surface area contributed by atoms with E-state index in [2.05, 4.69) is 26.1 Å². The minimum absolute atomic E-state index is 0.247. The third-order valence-electron chi connectivity index (χ3n) is 2.85. The molecule has 0 fully saturated rings. The molecule has 0 heterocycles. The SMILES string of the molecule is COCCC(C)C(C)(O)CNCC(C)C. The highest BCUT2D eigenvalue weighted by atomic mass is 16.5. The number of hydrogen-bond donors (Lipinski definition) is 2. The Kier molecular flexibility index (Phi) is 7.14. The molecule has 0 aliphatic rings. The van der Waals surface area contributed by atoms with Crippen molar-refractivity contribution in [3.8, 4) is 0 Å². The molecule has 2 N–H and O–H groups in total. The summed E-state index contributed by atoms with van der Waals surface area (Å²) in [5.74, 6) is 0.868. The van der Waals surface area contributed by atoms with Crippen LogP contribution in [0, 0.1) is 11.8 Å². The van der Waals surface area contributed by atoms with Crippen LogP contribution in [0.15, 0.2) is 0 Å². The largest absolute Gasteiger partial charge is 0.389 e. The maximum absolute atomic E-state index is 10.2. The van der Waals surface area contributed by atoms with Gasteiger partial charge in [0.1, 0.15) is 0 Å². The molecule has 0 amide bonds. The van der Waals surface area contributed by atoms with Gasteiger partial charge in [-0.05, 0) is 31.7 Å². The van der Waals surface area contributed by atoms with Gasteiger partial charge in [0.25, 0.3) is 0 Å². The van der Waals surface area contributed by atoms with E-state index in [1.54, 1.807) is 7.11 Å². The molecule has 0 radical (unpaired) electrons. The fourth-order valence-corrected chi connectivity index (χ4v) is 1.39. The summed E-state index contributed by atoms with van der Waals surface area (Å²) in [6, 6.07) is 0. The maximum Gasteiger partial charge on any atom is 0.0769 e. The van der Waals surface area contributed by atoms with Gasteiger partial charge in [0.2, 0.25) is 0 Å². The summed E-state index contributed by atoms with van der Waals surface area (Å²) in [5.41, 5.74) is -0.645. The van der Waals surface area contributed by atoms with Gasteiger partial charge in [0, 0.05) is 20.3 Å². The molecular formula is C12H27NO2. The average Bonchev–Trinajstić information content (AvgIpc) is 2.13. The average molecular weight is 217 g/mol. The zero-order valence-corrected chi connectivity index (χ0v) is 10.8. The third-order valence-corrected chi connectivity index (χ3v) is 2.85. The smallest absolute Gasteiger partial charge is 0.0769 e. The van der Waals surface area contributed by atoms with Gasteiger partial charge in [-0.25, -0.2) is 0 Å². The lowest BCUT2D eigenvalue weighted by atomic mass is 9.88. The quantitative estimate of drug-likeness (QED) is 0.649. The lowest BCUT2D eigenvalue weighted by Gasteiger charge is -2.31. The third kappa shape index (κ3) is 6.88. The Hall–Kier alpha value is -0.120. The lowest BCUT2D eigenvalue weighted by molar-refractivity contribution is -0.00527. The molecule has 0 saturated heterocycles. The fraction of sp³-hybridized carbons (Fsp3) is 1.00. The zero-order chi connectivity index (χ0) is 11.9. The highest BCUT2D eigenvalue weighted by Gasteiger charge is 2.27. The van der Waals surface area contributed by atoms with Gasteiger partial charge < -0.3 is 15.2 Å². The van der Waals surface area contributed by atoms with Crippen LogP contribution in [0.25, 0.3) is 0 Å². The number of rotatable bonds is 8. The predicted molar refractivity (Wildman–Crippen MR) is 64.0 cm³/mol. The number of ether oxygens (including phenoxy) is 1. The highest BCUT2D eigenvalue weighted by Crippen LogP contribution is 2.19. The summed E-state index contributed by atoms with van der Waals surface area (Å²) in [5, 5.41) is 13.5. The summed E-state index contributed by atoms with van der Waals surface area (Å²) in [6.45, 7) is 10.6. The minimum Gasteiger partial charge on any atom is -0.389 e. The van der Waals surface area contributed by atoms with Gasteiger partial charge in [-0.2, -0.15) is 0 Å². The number of aliphatic hydroxyl groups is 1. The Morgan fingerprint density at radius 3 is 2.40 bits per heavy atom. The first-order chi connectivity index (χ1) is 6.90. The zero-order valence-electron chi connectivity index (χ0n) is 10.8. The predicted octanol–water partition coefficient (Wildman–Crippen LogP) is 1.66. The first-order valence-corrected chi connectivity index (χ1v) is 5.82. The van der Waals surface area contributed by atoms with E-state index >= 15 is 0 Å². The molecule has 0 spiro atoms. The number of nitrogens with one attached hydrogen (secondary N) is 1. The van der Waals surface area contributed by atoms with E-state index in [-0.39, 0.29) is 5.92 Å². The van der Waals surface area contributed by atoms with Crippen molar-refractivity contribution in [3.63, 3.8) is 0 Å². The molecule has 3 nitrogen and oxygen atoms in total. The minimum atomic E-state index is -0.645. The van der Waals surface area contributed by atoms with Gasteiger partial charge >= 0.3 is 0 Å². The van der Waals surface area contributed by atoms with E-state index in [1.165, 1.54) is 0 Å². The normalized spacial score (nSPS) is 17.8. The molecule has 0 bridgehead atoms. The highest BCUT2D eigenvalue weighted by molar-refractivity contribution is 4.81. The maximum atomic E-state index is 10.2. The van der Waals surface area contributed by atoms with E-state index in [1.807, 2.05) is 6.92 Å². The molecule has 0 saturated carbocycles. The lowest BCUT2D eigenvalue weighted by Crippen LogP contribution is -2.44. The van der Waals surface area contributed by atoms with Crippen LogP contribution in [0.3, 0.4) is 0 Å². The second-order valence-electron chi connectivity index (χ2n) is 5.06. The number of hydrogen-bond acceptors (Lipinski definition) is 3. The Labute approximate surface area is 94.2 Å². The molecule has 92 valence electrons. The van der Waals surface area contributed by atoms with Crippen LogP contribution in [0.1, 0.15) is 34.1 Å². The van der Waals surface area contributed by atoms with Gasteiger partial charge in [-0.3, -0.25) is 0 Å². The van der Waals surface area contributed by atoms with Crippen molar-refractivity contribution in [3.05, 3.63) is 0 Å². The Bertz CT molecular complexity index is 158. The summed E-state index contributed by atoms with van der Waals surface area (Å²) in [7, 11) is 1.69. The van der Waals surface area contributed by atoms with Crippen LogP contribution in [0.4, 0.5) is 0 Å². The van der Waals surface area contributed by atoms with Crippen molar-refractivity contribution >= 4 is 0 Å². The van der Waals surface area contributed by atoms with Crippen molar-refractivity contribution in [2.24, 2.45) is 11.8 Å². The summed E-state index contributed by atoms with van der Waals surface area (Å²) in [6.07, 6.45) is 0.896. The van der Waals surface area contributed by atoms with E-state index in [0.717, 1.165) is 13.0 Å². The van der Waals surface area contributed by atoms with Crippen molar-refractivity contribution in [1.82, 2.24) is 5.32 Å². The first-order valence-electron chi connectivity index (χ1n) is 5.82. The molecule has 0 aromatic rings. The molecule has 2 unspecified atom stereocenters. The van der Waals surface area contributed by atoms with Gasteiger partial charge in [0.05, 0.1) is 5.60 Å². The van der Waals surface area contributed by atoms with E-state index in [0.29, 0.717) is 19.1 Å². The molecule has 0 aliphatic heterocycles. The van der Waals surface area contributed by atoms with Gasteiger partial charge in [0.15, 0.2) is 0 Å². The van der Waals surface area contributed by atoms with Crippen LogP contribution in [-0.4, -0.2) is 37.5 Å².